The van der Waals surface area contributed by atoms with E-state index in [9.17, 15) is 4.79 Å². The maximum Gasteiger partial charge on any atom is 0.249 e. The molecule has 19 heavy (non-hydrogen) atoms. The van der Waals surface area contributed by atoms with E-state index in [0.29, 0.717) is 6.42 Å². The van der Waals surface area contributed by atoms with Crippen LogP contribution in [0.2, 0.25) is 0 Å². The van der Waals surface area contributed by atoms with Gasteiger partial charge in [0.05, 0.1) is 6.20 Å². The third-order valence-corrected chi connectivity index (χ3v) is 3.21. The van der Waals surface area contributed by atoms with Crippen molar-refractivity contribution in [3.8, 4) is 6.07 Å². The van der Waals surface area contributed by atoms with Crippen LogP contribution in [0.5, 0.6) is 0 Å². The van der Waals surface area contributed by atoms with Gasteiger partial charge in [-0.2, -0.15) is 5.26 Å². The Kier molecular flexibility index (Phi) is 2.72. The van der Waals surface area contributed by atoms with Gasteiger partial charge in [-0.3, -0.25) is 4.79 Å². The molecule has 0 radical (unpaired) electrons. The van der Waals surface area contributed by atoms with Gasteiger partial charge in [-0.25, -0.2) is 4.68 Å². The van der Waals surface area contributed by atoms with Crippen LogP contribution in [0, 0.1) is 11.3 Å². The summed E-state index contributed by atoms with van der Waals surface area (Å²) in [5.74, 6) is -0.126. The van der Waals surface area contributed by atoms with Crippen LogP contribution in [0.25, 0.3) is 0 Å². The zero-order valence-electron chi connectivity index (χ0n) is 10.1. The van der Waals surface area contributed by atoms with E-state index in [0.717, 1.165) is 17.7 Å². The van der Waals surface area contributed by atoms with Crippen molar-refractivity contribution < 1.29 is 4.79 Å². The van der Waals surface area contributed by atoms with Gasteiger partial charge >= 0.3 is 0 Å². The van der Waals surface area contributed by atoms with Crippen LogP contribution >= 0.6 is 0 Å². The highest BCUT2D eigenvalue weighted by atomic mass is 16.2. The molecule has 2 aromatic rings. The second-order valence-electron chi connectivity index (χ2n) is 4.40. The molecule has 0 spiro atoms. The minimum atomic E-state index is -0.429. The first kappa shape index (κ1) is 11.4. The largest absolute Gasteiger partial charge is 0.324 e. The predicted molar refractivity (Wildman–Crippen MR) is 67.2 cm³/mol. The summed E-state index contributed by atoms with van der Waals surface area (Å²) >= 11 is 0. The van der Waals surface area contributed by atoms with E-state index < -0.39 is 6.04 Å². The third-order valence-electron chi connectivity index (χ3n) is 3.21. The number of carbonyl (C=O) groups is 1. The number of aromatic nitrogens is 3. The molecule has 1 unspecified atom stereocenters. The predicted octanol–water partition coefficient (Wildman–Crippen LogP) is 1.28. The first-order valence-corrected chi connectivity index (χ1v) is 5.98. The van der Waals surface area contributed by atoms with E-state index in [1.54, 1.807) is 0 Å². The Bertz CT molecular complexity index is 670. The monoisotopic (exact) mass is 253 g/mol. The molecule has 0 saturated heterocycles. The van der Waals surface area contributed by atoms with Gasteiger partial charge in [-0.1, -0.05) is 23.4 Å². The molecule has 1 atom stereocenters. The SMILES string of the molecule is N#Cc1cn(C2CCc3ccccc3NC2=O)nn1. The number of carbonyl (C=O) groups excluding carboxylic acids is 1. The van der Waals surface area contributed by atoms with E-state index in [1.165, 1.54) is 10.9 Å². The van der Waals surface area contributed by atoms with Gasteiger partial charge < -0.3 is 5.32 Å². The molecule has 6 nitrogen and oxygen atoms in total. The number of hydrogen-bond acceptors (Lipinski definition) is 4. The summed E-state index contributed by atoms with van der Waals surface area (Å²) in [7, 11) is 0. The molecule has 1 aromatic heterocycles. The summed E-state index contributed by atoms with van der Waals surface area (Å²) in [6.45, 7) is 0. The number of amides is 1. The molecule has 0 saturated carbocycles. The lowest BCUT2D eigenvalue weighted by Crippen LogP contribution is -2.25. The van der Waals surface area contributed by atoms with Gasteiger partial charge in [-0.05, 0) is 24.5 Å². The Morgan fingerprint density at radius 3 is 3.05 bits per heavy atom. The van der Waals surface area contributed by atoms with Crippen LogP contribution < -0.4 is 5.32 Å². The Labute approximate surface area is 109 Å². The third kappa shape index (κ3) is 2.06. The standard InChI is InChI=1S/C13H11N5O/c14-7-10-8-18(17-16-10)12-6-5-9-3-1-2-4-11(9)15-13(12)19/h1-4,8,12H,5-6H2,(H,15,19). The number of para-hydroxylation sites is 1. The molecular formula is C13H11N5O. The molecular weight excluding hydrogens is 242 g/mol. The van der Waals surface area contributed by atoms with Gasteiger partial charge in [0.25, 0.3) is 0 Å². The molecule has 1 N–H and O–H groups in total. The number of fused-ring (bicyclic) bond motifs is 1. The number of benzene rings is 1. The normalized spacial score (nSPS) is 18.1. The van der Waals surface area contributed by atoms with E-state index in [1.807, 2.05) is 30.3 Å². The van der Waals surface area contributed by atoms with Crippen LogP contribution in [0.3, 0.4) is 0 Å². The zero-order valence-corrected chi connectivity index (χ0v) is 10.1. The lowest BCUT2D eigenvalue weighted by Gasteiger charge is -2.12. The lowest BCUT2D eigenvalue weighted by molar-refractivity contribution is -0.119. The van der Waals surface area contributed by atoms with Crippen molar-refractivity contribution in [1.29, 1.82) is 5.26 Å². The lowest BCUT2D eigenvalue weighted by atomic mass is 10.1. The molecule has 3 rings (SSSR count). The molecule has 0 aliphatic carbocycles. The number of aryl methyl sites for hydroxylation is 1. The van der Waals surface area contributed by atoms with Crippen molar-refractivity contribution >= 4 is 11.6 Å². The molecule has 2 heterocycles. The fourth-order valence-electron chi connectivity index (χ4n) is 2.23. The van der Waals surface area contributed by atoms with Gasteiger partial charge in [0.15, 0.2) is 5.69 Å². The summed E-state index contributed by atoms with van der Waals surface area (Å²) in [5.41, 5.74) is 2.17. The Morgan fingerprint density at radius 2 is 2.26 bits per heavy atom. The molecule has 1 aliphatic heterocycles. The van der Waals surface area contributed by atoms with E-state index >= 15 is 0 Å². The molecule has 1 aromatic carbocycles. The van der Waals surface area contributed by atoms with Crippen LogP contribution in [0.15, 0.2) is 30.5 Å². The Balaban J connectivity index is 1.90. The number of nitrogens with one attached hydrogen (secondary N) is 1. The number of anilines is 1. The molecule has 0 bridgehead atoms. The summed E-state index contributed by atoms with van der Waals surface area (Å²) in [5, 5.41) is 19.2. The van der Waals surface area contributed by atoms with Crippen molar-refractivity contribution in [1.82, 2.24) is 15.0 Å². The maximum atomic E-state index is 12.2. The first-order valence-electron chi connectivity index (χ1n) is 5.98. The second-order valence-corrected chi connectivity index (χ2v) is 4.40. The summed E-state index contributed by atoms with van der Waals surface area (Å²) in [6.07, 6.45) is 2.92. The summed E-state index contributed by atoms with van der Waals surface area (Å²) in [4.78, 5) is 12.2. The van der Waals surface area contributed by atoms with E-state index in [2.05, 4.69) is 15.6 Å². The van der Waals surface area contributed by atoms with Gasteiger partial charge in [0, 0.05) is 5.69 Å². The van der Waals surface area contributed by atoms with Crippen LogP contribution in [-0.2, 0) is 11.2 Å². The molecule has 0 fully saturated rings. The minimum Gasteiger partial charge on any atom is -0.324 e. The van der Waals surface area contributed by atoms with Crippen LogP contribution in [0.1, 0.15) is 23.7 Å². The number of rotatable bonds is 1. The average Bonchev–Trinajstić information content (AvgIpc) is 2.83. The maximum absolute atomic E-state index is 12.2. The van der Waals surface area contributed by atoms with Gasteiger partial charge in [-0.15, -0.1) is 5.10 Å². The highest BCUT2D eigenvalue weighted by molar-refractivity contribution is 5.95. The average molecular weight is 253 g/mol. The smallest absolute Gasteiger partial charge is 0.249 e. The van der Waals surface area contributed by atoms with Crippen LogP contribution in [0.4, 0.5) is 5.69 Å². The minimum absolute atomic E-state index is 0.126. The van der Waals surface area contributed by atoms with E-state index in [-0.39, 0.29) is 11.6 Å². The zero-order chi connectivity index (χ0) is 13.2. The molecule has 1 aliphatic rings. The molecule has 1 amide bonds. The van der Waals surface area contributed by atoms with E-state index in [4.69, 9.17) is 5.26 Å². The van der Waals surface area contributed by atoms with Crippen molar-refractivity contribution in [2.75, 3.05) is 5.32 Å². The van der Waals surface area contributed by atoms with Crippen LogP contribution in [-0.4, -0.2) is 20.9 Å². The highest BCUT2D eigenvalue weighted by Crippen LogP contribution is 2.26. The van der Waals surface area contributed by atoms with Gasteiger partial charge in [0.2, 0.25) is 5.91 Å². The summed E-state index contributed by atoms with van der Waals surface area (Å²) in [6, 6.07) is 9.21. The fraction of sp³-hybridized carbons (Fsp3) is 0.231. The van der Waals surface area contributed by atoms with Crippen molar-refractivity contribution in [3.05, 3.63) is 41.7 Å². The topological polar surface area (TPSA) is 83.6 Å². The second kappa shape index (κ2) is 4.53. The van der Waals surface area contributed by atoms with Crippen molar-refractivity contribution in [2.24, 2.45) is 0 Å². The highest BCUT2D eigenvalue weighted by Gasteiger charge is 2.26. The number of nitrogens with zero attached hydrogens (tertiary/aromatic N) is 4. The Hall–Kier alpha value is -2.68. The van der Waals surface area contributed by atoms with Gasteiger partial charge in [0.1, 0.15) is 12.1 Å². The molecule has 94 valence electrons. The summed E-state index contributed by atoms with van der Waals surface area (Å²) < 4.78 is 1.46. The fourth-order valence-corrected chi connectivity index (χ4v) is 2.23. The van der Waals surface area contributed by atoms with Crippen molar-refractivity contribution in [2.45, 2.75) is 18.9 Å². The number of nitriles is 1. The first-order chi connectivity index (χ1) is 9.28. The van der Waals surface area contributed by atoms with Crippen molar-refractivity contribution in [3.63, 3.8) is 0 Å². The quantitative estimate of drug-likeness (QED) is 0.829. The molecule has 6 heteroatoms. The Morgan fingerprint density at radius 1 is 1.42 bits per heavy atom. The number of hydrogen-bond donors (Lipinski definition) is 1.